The van der Waals surface area contributed by atoms with Crippen LogP contribution in [-0.2, 0) is 0 Å². The molecule has 0 fully saturated rings. The van der Waals surface area contributed by atoms with Crippen molar-refractivity contribution >= 4 is 19.4 Å². The second-order valence-electron chi connectivity index (χ2n) is 3.00. The Hall–Kier alpha value is -0.521. The third-order valence-electron chi connectivity index (χ3n) is 2.07. The van der Waals surface area contributed by atoms with Gasteiger partial charge in [-0.3, -0.25) is 0 Å². The van der Waals surface area contributed by atoms with Crippen molar-refractivity contribution in [2.75, 3.05) is 0 Å². The molecule has 1 aromatic carbocycles. The van der Waals surface area contributed by atoms with Crippen LogP contribution in [0.5, 0.6) is 0 Å². The van der Waals surface area contributed by atoms with Crippen molar-refractivity contribution < 1.29 is 0 Å². The van der Waals surface area contributed by atoms with Crippen molar-refractivity contribution in [2.45, 2.75) is 18.2 Å². The van der Waals surface area contributed by atoms with Crippen molar-refractivity contribution in [1.82, 2.24) is 0 Å². The SMILES string of the molecule is C1=C(C[Se]c2ccccc2)CC1. The van der Waals surface area contributed by atoms with E-state index in [0.717, 1.165) is 0 Å². The summed E-state index contributed by atoms with van der Waals surface area (Å²) in [5, 5.41) is 1.33. The molecule has 12 heavy (non-hydrogen) atoms. The van der Waals surface area contributed by atoms with Gasteiger partial charge in [0.2, 0.25) is 0 Å². The molecule has 0 spiro atoms. The summed E-state index contributed by atoms with van der Waals surface area (Å²) < 4.78 is 1.53. The molecule has 1 heteroatoms. The van der Waals surface area contributed by atoms with Gasteiger partial charge in [0.1, 0.15) is 0 Å². The van der Waals surface area contributed by atoms with Crippen LogP contribution in [0.2, 0.25) is 5.32 Å². The van der Waals surface area contributed by atoms with E-state index in [-0.39, 0.29) is 0 Å². The van der Waals surface area contributed by atoms with Crippen molar-refractivity contribution in [3.8, 4) is 0 Å². The molecule has 0 radical (unpaired) electrons. The Morgan fingerprint density at radius 1 is 1.17 bits per heavy atom. The molecule has 0 saturated heterocycles. The van der Waals surface area contributed by atoms with E-state index in [0.29, 0.717) is 15.0 Å². The van der Waals surface area contributed by atoms with Gasteiger partial charge in [-0.2, -0.15) is 0 Å². The fourth-order valence-electron chi connectivity index (χ4n) is 1.17. The summed E-state index contributed by atoms with van der Waals surface area (Å²) in [6, 6.07) is 10.8. The minimum atomic E-state index is 0.674. The second-order valence-corrected chi connectivity index (χ2v) is 5.20. The second kappa shape index (κ2) is 3.93. The maximum atomic E-state index is 2.38. The Balaban J connectivity index is 1.87. The van der Waals surface area contributed by atoms with Crippen LogP contribution in [0.25, 0.3) is 0 Å². The first-order chi connectivity index (χ1) is 5.95. The normalized spacial score (nSPS) is 15.2. The summed E-state index contributed by atoms with van der Waals surface area (Å²) in [6.45, 7) is 0. The van der Waals surface area contributed by atoms with Crippen LogP contribution in [0.1, 0.15) is 12.8 Å². The van der Waals surface area contributed by atoms with E-state index in [4.69, 9.17) is 0 Å². The Labute approximate surface area is 79.8 Å². The predicted octanol–water partition coefficient (Wildman–Crippen LogP) is 2.15. The van der Waals surface area contributed by atoms with Crippen molar-refractivity contribution in [2.24, 2.45) is 0 Å². The van der Waals surface area contributed by atoms with Crippen LogP contribution < -0.4 is 4.46 Å². The molecule has 0 heterocycles. The average molecular weight is 223 g/mol. The Kier molecular flexibility index (Phi) is 2.65. The Morgan fingerprint density at radius 2 is 1.92 bits per heavy atom. The van der Waals surface area contributed by atoms with E-state index in [1.165, 1.54) is 22.6 Å². The van der Waals surface area contributed by atoms with Gasteiger partial charge in [0.25, 0.3) is 0 Å². The average Bonchev–Trinajstić information content (AvgIpc) is 2.04. The summed E-state index contributed by atoms with van der Waals surface area (Å²) in [5.41, 5.74) is 1.68. The molecule has 62 valence electrons. The van der Waals surface area contributed by atoms with Crippen LogP contribution in [0.15, 0.2) is 42.0 Å². The topological polar surface area (TPSA) is 0 Å². The molecule has 0 bridgehead atoms. The van der Waals surface area contributed by atoms with Crippen LogP contribution >= 0.6 is 0 Å². The molecular formula is C11H12Se. The fourth-order valence-corrected chi connectivity index (χ4v) is 3.19. The zero-order valence-corrected chi connectivity index (χ0v) is 8.71. The summed E-state index contributed by atoms with van der Waals surface area (Å²) in [5.74, 6) is 0. The Morgan fingerprint density at radius 3 is 2.50 bits per heavy atom. The monoisotopic (exact) mass is 224 g/mol. The van der Waals surface area contributed by atoms with Crippen molar-refractivity contribution in [1.29, 1.82) is 0 Å². The van der Waals surface area contributed by atoms with Gasteiger partial charge in [-0.05, 0) is 0 Å². The minimum absolute atomic E-state index is 0.674. The van der Waals surface area contributed by atoms with Crippen LogP contribution in [0.4, 0.5) is 0 Å². The van der Waals surface area contributed by atoms with E-state index in [1.54, 1.807) is 5.57 Å². The van der Waals surface area contributed by atoms with E-state index in [9.17, 15) is 0 Å². The third kappa shape index (κ3) is 2.00. The quantitative estimate of drug-likeness (QED) is 0.544. The molecule has 0 aliphatic heterocycles. The third-order valence-corrected chi connectivity index (χ3v) is 4.42. The van der Waals surface area contributed by atoms with E-state index < -0.39 is 0 Å². The molecule has 0 nitrogen and oxygen atoms in total. The van der Waals surface area contributed by atoms with Crippen molar-refractivity contribution in [3.63, 3.8) is 0 Å². The first kappa shape index (κ1) is 8.09. The predicted molar refractivity (Wildman–Crippen MR) is 54.0 cm³/mol. The number of allylic oxidation sites excluding steroid dienone is 2. The standard InChI is InChI=1S/C11H12Se/c1-2-7-11(8-3-1)12-9-10-5-4-6-10/h1-3,5,7-8H,4,6,9H2. The van der Waals surface area contributed by atoms with Gasteiger partial charge < -0.3 is 0 Å². The molecular weight excluding hydrogens is 211 g/mol. The summed E-state index contributed by atoms with van der Waals surface area (Å²) >= 11 is 0.674. The molecule has 0 aromatic heterocycles. The maximum absolute atomic E-state index is 2.38. The van der Waals surface area contributed by atoms with Gasteiger partial charge in [-0.25, -0.2) is 0 Å². The van der Waals surface area contributed by atoms with Crippen LogP contribution in [-0.4, -0.2) is 15.0 Å². The molecule has 0 unspecified atom stereocenters. The molecule has 0 saturated carbocycles. The first-order valence-corrected chi connectivity index (χ1v) is 6.38. The van der Waals surface area contributed by atoms with E-state index in [1.807, 2.05) is 0 Å². The summed E-state index contributed by atoms with van der Waals surface area (Å²) in [6.07, 6.45) is 5.06. The number of hydrogen-bond donors (Lipinski definition) is 0. The van der Waals surface area contributed by atoms with Gasteiger partial charge >= 0.3 is 79.6 Å². The first-order valence-electron chi connectivity index (χ1n) is 4.31. The molecule has 1 aliphatic rings. The molecule has 0 N–H and O–H groups in total. The van der Waals surface area contributed by atoms with Crippen molar-refractivity contribution in [3.05, 3.63) is 42.0 Å². The van der Waals surface area contributed by atoms with Gasteiger partial charge in [0.15, 0.2) is 0 Å². The number of benzene rings is 1. The van der Waals surface area contributed by atoms with Gasteiger partial charge in [0.05, 0.1) is 0 Å². The zero-order chi connectivity index (χ0) is 8.23. The Bertz CT molecular complexity index is 274. The molecule has 1 aliphatic carbocycles. The van der Waals surface area contributed by atoms with Gasteiger partial charge in [-0.15, -0.1) is 0 Å². The van der Waals surface area contributed by atoms with Gasteiger partial charge in [0, 0.05) is 0 Å². The van der Waals surface area contributed by atoms with Crippen LogP contribution in [0.3, 0.4) is 0 Å². The molecule has 2 rings (SSSR count). The van der Waals surface area contributed by atoms with E-state index >= 15 is 0 Å². The summed E-state index contributed by atoms with van der Waals surface area (Å²) in [4.78, 5) is 0. The number of rotatable bonds is 3. The molecule has 0 amide bonds. The fraction of sp³-hybridized carbons (Fsp3) is 0.273. The van der Waals surface area contributed by atoms with E-state index in [2.05, 4.69) is 36.4 Å². The number of hydrogen-bond acceptors (Lipinski definition) is 0. The molecule has 1 aromatic rings. The van der Waals surface area contributed by atoms with Gasteiger partial charge in [-0.1, -0.05) is 0 Å². The summed E-state index contributed by atoms with van der Waals surface area (Å²) in [7, 11) is 0. The molecule has 0 atom stereocenters. The van der Waals surface area contributed by atoms with Crippen LogP contribution in [0, 0.1) is 0 Å². The zero-order valence-electron chi connectivity index (χ0n) is 6.99.